The van der Waals surface area contributed by atoms with Crippen LogP contribution in [0.3, 0.4) is 0 Å². The monoisotopic (exact) mass is 369 g/mol. The quantitative estimate of drug-likeness (QED) is 0.445. The second-order valence-electron chi connectivity index (χ2n) is 5.58. The van der Waals surface area contributed by atoms with E-state index in [0.717, 1.165) is 22.6 Å². The third-order valence-electron chi connectivity index (χ3n) is 3.74. The van der Waals surface area contributed by atoms with Crippen LogP contribution in [-0.4, -0.2) is 6.21 Å². The molecule has 25 heavy (non-hydrogen) atoms. The van der Waals surface area contributed by atoms with Gasteiger partial charge in [0.1, 0.15) is 11.5 Å². The minimum atomic E-state index is -0.0774. The van der Waals surface area contributed by atoms with E-state index in [1.165, 1.54) is 0 Å². The van der Waals surface area contributed by atoms with E-state index < -0.39 is 0 Å². The molecule has 4 heteroatoms. The van der Waals surface area contributed by atoms with Crippen LogP contribution in [0, 0.1) is 0 Å². The molecule has 126 valence electrons. The molecule has 0 aliphatic rings. The Morgan fingerprint density at radius 3 is 2.24 bits per heavy atom. The maximum Gasteiger partial charge on any atom is 0.127 e. The number of rotatable bonds is 5. The molecule has 3 aromatic carbocycles. The zero-order valence-corrected chi connectivity index (χ0v) is 15.2. The van der Waals surface area contributed by atoms with Gasteiger partial charge in [-0.2, -0.15) is 0 Å². The SMILES string of the molecule is CC(/N=C/c1ccc(Oc2ccccc2)cc1)c1cccc(Cl)c1Cl. The van der Waals surface area contributed by atoms with Crippen molar-refractivity contribution in [3.63, 3.8) is 0 Å². The summed E-state index contributed by atoms with van der Waals surface area (Å²) in [5.41, 5.74) is 1.90. The number of ether oxygens (including phenoxy) is 1. The molecule has 1 atom stereocenters. The lowest BCUT2D eigenvalue weighted by molar-refractivity contribution is 0.482. The average Bonchev–Trinajstić information content (AvgIpc) is 2.64. The predicted octanol–water partition coefficient (Wildman–Crippen LogP) is 6.97. The van der Waals surface area contributed by atoms with Crippen LogP contribution in [0.5, 0.6) is 11.5 Å². The van der Waals surface area contributed by atoms with Crippen LogP contribution in [0.1, 0.15) is 24.1 Å². The molecule has 1 unspecified atom stereocenters. The Labute approximate surface area is 157 Å². The number of nitrogens with zero attached hydrogens (tertiary/aromatic N) is 1. The van der Waals surface area contributed by atoms with E-state index in [0.29, 0.717) is 10.0 Å². The number of para-hydroxylation sites is 1. The molecule has 0 N–H and O–H groups in total. The molecule has 0 fully saturated rings. The van der Waals surface area contributed by atoms with Crippen molar-refractivity contribution in [1.29, 1.82) is 0 Å². The summed E-state index contributed by atoms with van der Waals surface area (Å²) in [4.78, 5) is 4.57. The van der Waals surface area contributed by atoms with Gasteiger partial charge in [0.2, 0.25) is 0 Å². The Hall–Kier alpha value is -2.29. The first-order valence-corrected chi connectivity index (χ1v) is 8.69. The molecule has 3 rings (SSSR count). The third kappa shape index (κ3) is 4.62. The maximum atomic E-state index is 6.25. The fourth-order valence-corrected chi connectivity index (χ4v) is 2.83. The first-order chi connectivity index (χ1) is 12.1. The number of benzene rings is 3. The van der Waals surface area contributed by atoms with Crippen LogP contribution >= 0.6 is 23.2 Å². The topological polar surface area (TPSA) is 21.6 Å². The van der Waals surface area contributed by atoms with Crippen molar-refractivity contribution in [2.24, 2.45) is 4.99 Å². The number of hydrogen-bond acceptors (Lipinski definition) is 2. The highest BCUT2D eigenvalue weighted by molar-refractivity contribution is 6.42. The zero-order valence-electron chi connectivity index (χ0n) is 13.7. The molecular formula is C21H17Cl2NO. The summed E-state index contributed by atoms with van der Waals surface area (Å²) >= 11 is 12.3. The smallest absolute Gasteiger partial charge is 0.127 e. The molecule has 0 saturated heterocycles. The molecule has 0 aliphatic heterocycles. The van der Waals surface area contributed by atoms with Crippen LogP contribution in [0.2, 0.25) is 10.0 Å². The maximum absolute atomic E-state index is 6.25. The third-order valence-corrected chi connectivity index (χ3v) is 4.57. The highest BCUT2D eigenvalue weighted by Gasteiger charge is 2.10. The lowest BCUT2D eigenvalue weighted by atomic mass is 10.1. The van der Waals surface area contributed by atoms with Gasteiger partial charge in [-0.3, -0.25) is 4.99 Å². The molecule has 0 bridgehead atoms. The van der Waals surface area contributed by atoms with Gasteiger partial charge >= 0.3 is 0 Å². The number of hydrogen-bond donors (Lipinski definition) is 0. The first-order valence-electron chi connectivity index (χ1n) is 7.93. The Kier molecular flexibility index (Phi) is 5.75. The summed E-state index contributed by atoms with van der Waals surface area (Å²) in [6.07, 6.45) is 1.83. The van der Waals surface area contributed by atoms with Crippen molar-refractivity contribution >= 4 is 29.4 Å². The molecule has 0 saturated carbocycles. The van der Waals surface area contributed by atoms with Crippen molar-refractivity contribution in [2.75, 3.05) is 0 Å². The van der Waals surface area contributed by atoms with E-state index in [1.807, 2.05) is 79.9 Å². The van der Waals surface area contributed by atoms with Gasteiger partial charge < -0.3 is 4.74 Å². The second kappa shape index (κ2) is 8.19. The summed E-state index contributed by atoms with van der Waals surface area (Å²) in [5, 5.41) is 1.10. The Morgan fingerprint density at radius 1 is 0.840 bits per heavy atom. The van der Waals surface area contributed by atoms with Gasteiger partial charge in [0.25, 0.3) is 0 Å². The predicted molar refractivity (Wildman–Crippen MR) is 105 cm³/mol. The van der Waals surface area contributed by atoms with Gasteiger partial charge in [0.05, 0.1) is 16.1 Å². The molecule has 0 aromatic heterocycles. The van der Waals surface area contributed by atoms with Crippen LogP contribution in [0.4, 0.5) is 0 Å². The molecule has 0 heterocycles. The van der Waals surface area contributed by atoms with Gasteiger partial charge in [-0.1, -0.05) is 53.5 Å². The average molecular weight is 370 g/mol. The van der Waals surface area contributed by atoms with Crippen LogP contribution in [-0.2, 0) is 0 Å². The van der Waals surface area contributed by atoms with Gasteiger partial charge in [0.15, 0.2) is 0 Å². The summed E-state index contributed by atoms with van der Waals surface area (Å²) in [6, 6.07) is 23.0. The Balaban J connectivity index is 1.68. The number of aliphatic imine (C=N–C) groups is 1. The summed E-state index contributed by atoms with van der Waals surface area (Å²) in [6.45, 7) is 1.99. The lowest BCUT2D eigenvalue weighted by Crippen LogP contribution is -1.93. The van der Waals surface area contributed by atoms with E-state index in [-0.39, 0.29) is 6.04 Å². The highest BCUT2D eigenvalue weighted by atomic mass is 35.5. The molecule has 0 radical (unpaired) electrons. The van der Waals surface area contributed by atoms with Crippen LogP contribution in [0.25, 0.3) is 0 Å². The van der Waals surface area contributed by atoms with Gasteiger partial charge in [-0.15, -0.1) is 0 Å². The normalized spacial score (nSPS) is 12.3. The Morgan fingerprint density at radius 2 is 1.52 bits per heavy atom. The molecule has 0 spiro atoms. The van der Waals surface area contributed by atoms with Crippen molar-refractivity contribution < 1.29 is 4.74 Å². The van der Waals surface area contributed by atoms with E-state index in [4.69, 9.17) is 27.9 Å². The van der Waals surface area contributed by atoms with E-state index >= 15 is 0 Å². The minimum absolute atomic E-state index is 0.0774. The summed E-state index contributed by atoms with van der Waals surface area (Å²) in [5.74, 6) is 1.60. The fourth-order valence-electron chi connectivity index (χ4n) is 2.37. The Bertz CT molecular complexity index is 861. The van der Waals surface area contributed by atoms with Crippen molar-refractivity contribution in [2.45, 2.75) is 13.0 Å². The minimum Gasteiger partial charge on any atom is -0.457 e. The van der Waals surface area contributed by atoms with Gasteiger partial charge in [-0.25, -0.2) is 0 Å². The van der Waals surface area contributed by atoms with Crippen LogP contribution in [0.15, 0.2) is 77.8 Å². The first kappa shape index (κ1) is 17.5. The molecule has 0 aliphatic carbocycles. The largest absolute Gasteiger partial charge is 0.457 e. The van der Waals surface area contributed by atoms with Gasteiger partial charge in [0, 0.05) is 6.21 Å². The molecular weight excluding hydrogens is 353 g/mol. The summed E-state index contributed by atoms with van der Waals surface area (Å²) < 4.78 is 5.78. The van der Waals surface area contributed by atoms with E-state index in [2.05, 4.69) is 4.99 Å². The van der Waals surface area contributed by atoms with Crippen molar-refractivity contribution in [3.8, 4) is 11.5 Å². The van der Waals surface area contributed by atoms with Crippen molar-refractivity contribution in [1.82, 2.24) is 0 Å². The second-order valence-corrected chi connectivity index (χ2v) is 6.37. The van der Waals surface area contributed by atoms with E-state index in [1.54, 1.807) is 6.07 Å². The zero-order chi connectivity index (χ0) is 17.6. The lowest BCUT2D eigenvalue weighted by Gasteiger charge is -2.10. The van der Waals surface area contributed by atoms with E-state index in [9.17, 15) is 0 Å². The fraction of sp³-hybridized carbons (Fsp3) is 0.0952. The van der Waals surface area contributed by atoms with Crippen LogP contribution < -0.4 is 4.74 Å². The molecule has 3 aromatic rings. The highest BCUT2D eigenvalue weighted by Crippen LogP contribution is 2.31. The number of halogens is 2. The standard InChI is InChI=1S/C21H17Cl2NO/c1-15(19-8-5-9-20(22)21(19)23)24-14-16-10-12-18(13-11-16)25-17-6-3-2-4-7-17/h2-15H,1H3/b24-14+. The van der Waals surface area contributed by atoms with Gasteiger partial charge in [-0.05, 0) is 60.5 Å². The summed E-state index contributed by atoms with van der Waals surface area (Å²) in [7, 11) is 0. The molecule has 0 amide bonds. The molecule has 2 nitrogen and oxygen atoms in total. The van der Waals surface area contributed by atoms with Crippen molar-refractivity contribution in [3.05, 3.63) is 94.0 Å².